The molecule has 2 aromatic carbocycles. The highest BCUT2D eigenvalue weighted by atomic mass is 32.2. The number of carbonyl (C=O) groups is 2. The van der Waals surface area contributed by atoms with E-state index in [0.29, 0.717) is 13.1 Å². The van der Waals surface area contributed by atoms with E-state index in [1.54, 1.807) is 0 Å². The Morgan fingerprint density at radius 2 is 1.63 bits per heavy atom. The van der Waals surface area contributed by atoms with Gasteiger partial charge in [-0.3, -0.25) is 9.59 Å². The van der Waals surface area contributed by atoms with Gasteiger partial charge in [-0.15, -0.1) is 11.8 Å². The van der Waals surface area contributed by atoms with Crippen molar-refractivity contribution >= 4 is 23.6 Å². The van der Waals surface area contributed by atoms with Gasteiger partial charge in [-0.05, 0) is 43.0 Å². The van der Waals surface area contributed by atoms with Crippen molar-refractivity contribution < 1.29 is 9.59 Å². The molecule has 2 aliphatic heterocycles. The molecule has 1 atom stereocenters. The summed E-state index contributed by atoms with van der Waals surface area (Å²) in [6.45, 7) is 1.28. The van der Waals surface area contributed by atoms with Crippen molar-refractivity contribution in [1.29, 1.82) is 0 Å². The van der Waals surface area contributed by atoms with Crippen LogP contribution in [0, 0.1) is 5.92 Å². The van der Waals surface area contributed by atoms with Crippen LogP contribution in [-0.4, -0.2) is 35.6 Å². The van der Waals surface area contributed by atoms with Crippen LogP contribution in [0.2, 0.25) is 0 Å². The highest BCUT2D eigenvalue weighted by Gasteiger charge is 2.30. The molecule has 2 heterocycles. The Bertz CT molecular complexity index is 816. The topological polar surface area (TPSA) is 49.4 Å². The number of benzene rings is 2. The summed E-state index contributed by atoms with van der Waals surface area (Å²) in [5.74, 6) is 1.22. The SMILES string of the molecule is O=C(NC1CCSc2ccccc21)C1CCN(C(=O)c2ccccc2)CC1. The van der Waals surface area contributed by atoms with E-state index in [1.165, 1.54) is 10.5 Å². The van der Waals surface area contributed by atoms with Gasteiger partial charge < -0.3 is 10.2 Å². The number of piperidine rings is 1. The molecule has 0 aliphatic carbocycles. The number of likely N-dealkylation sites (tertiary alicyclic amines) is 1. The van der Waals surface area contributed by atoms with Gasteiger partial charge in [0.25, 0.3) is 5.91 Å². The van der Waals surface area contributed by atoms with Crippen LogP contribution in [-0.2, 0) is 4.79 Å². The van der Waals surface area contributed by atoms with E-state index in [9.17, 15) is 9.59 Å². The number of carbonyl (C=O) groups excluding carboxylic acids is 2. The molecular formula is C22H24N2O2S. The average molecular weight is 381 g/mol. The number of nitrogens with one attached hydrogen (secondary N) is 1. The zero-order valence-electron chi connectivity index (χ0n) is 15.3. The molecule has 0 spiro atoms. The molecule has 2 aromatic rings. The number of rotatable bonds is 3. The lowest BCUT2D eigenvalue weighted by Gasteiger charge is -2.33. The van der Waals surface area contributed by atoms with Gasteiger partial charge in [-0.1, -0.05) is 36.4 Å². The summed E-state index contributed by atoms with van der Waals surface area (Å²) in [4.78, 5) is 28.5. The largest absolute Gasteiger partial charge is 0.349 e. The molecule has 0 bridgehead atoms. The lowest BCUT2D eigenvalue weighted by atomic mass is 9.94. The van der Waals surface area contributed by atoms with Crippen molar-refractivity contribution in [3.63, 3.8) is 0 Å². The maximum absolute atomic E-state index is 12.8. The standard InChI is InChI=1S/C22H24N2O2S/c25-21(23-19-12-15-27-20-9-5-4-8-18(19)20)16-10-13-24(14-11-16)22(26)17-6-2-1-3-7-17/h1-9,16,19H,10-15H2,(H,23,25). The smallest absolute Gasteiger partial charge is 0.253 e. The summed E-state index contributed by atoms with van der Waals surface area (Å²) in [5, 5.41) is 3.26. The molecule has 27 heavy (non-hydrogen) atoms. The van der Waals surface area contributed by atoms with Gasteiger partial charge in [0.05, 0.1) is 6.04 Å². The molecule has 1 unspecified atom stereocenters. The van der Waals surface area contributed by atoms with E-state index >= 15 is 0 Å². The van der Waals surface area contributed by atoms with E-state index in [4.69, 9.17) is 0 Å². The summed E-state index contributed by atoms with van der Waals surface area (Å²) in [6.07, 6.45) is 2.43. The van der Waals surface area contributed by atoms with Gasteiger partial charge >= 0.3 is 0 Å². The first kappa shape index (κ1) is 18.1. The molecule has 4 nitrogen and oxygen atoms in total. The highest BCUT2D eigenvalue weighted by molar-refractivity contribution is 7.99. The van der Waals surface area contributed by atoms with Crippen molar-refractivity contribution in [2.75, 3.05) is 18.8 Å². The van der Waals surface area contributed by atoms with Crippen molar-refractivity contribution in [2.24, 2.45) is 5.92 Å². The Kier molecular flexibility index (Phi) is 5.48. The monoisotopic (exact) mass is 380 g/mol. The summed E-state index contributed by atoms with van der Waals surface area (Å²) >= 11 is 1.86. The minimum atomic E-state index is -0.00781. The molecule has 0 aromatic heterocycles. The van der Waals surface area contributed by atoms with E-state index in [2.05, 4.69) is 23.5 Å². The number of amides is 2. The van der Waals surface area contributed by atoms with E-state index < -0.39 is 0 Å². The highest BCUT2D eigenvalue weighted by Crippen LogP contribution is 2.36. The second-order valence-corrected chi connectivity index (χ2v) is 8.31. The minimum Gasteiger partial charge on any atom is -0.349 e. The van der Waals surface area contributed by atoms with Gasteiger partial charge in [0.2, 0.25) is 5.91 Å². The Balaban J connectivity index is 1.34. The summed E-state index contributed by atoms with van der Waals surface area (Å²) in [5.41, 5.74) is 1.95. The Morgan fingerprint density at radius 1 is 0.926 bits per heavy atom. The summed E-state index contributed by atoms with van der Waals surface area (Å²) in [6, 6.07) is 17.8. The fourth-order valence-corrected chi connectivity index (χ4v) is 5.01. The zero-order chi connectivity index (χ0) is 18.6. The van der Waals surface area contributed by atoms with Gasteiger partial charge in [-0.2, -0.15) is 0 Å². The van der Waals surface area contributed by atoms with Crippen LogP contribution in [0.25, 0.3) is 0 Å². The average Bonchev–Trinajstić information content (AvgIpc) is 2.74. The van der Waals surface area contributed by atoms with Crippen LogP contribution in [0.5, 0.6) is 0 Å². The van der Waals surface area contributed by atoms with Crippen LogP contribution in [0.15, 0.2) is 59.5 Å². The van der Waals surface area contributed by atoms with Crippen LogP contribution < -0.4 is 5.32 Å². The second kappa shape index (κ2) is 8.17. The number of hydrogen-bond acceptors (Lipinski definition) is 3. The molecule has 1 saturated heterocycles. The Hall–Kier alpha value is -2.27. The number of fused-ring (bicyclic) bond motifs is 1. The van der Waals surface area contributed by atoms with Gasteiger partial charge in [0.15, 0.2) is 0 Å². The summed E-state index contributed by atoms with van der Waals surface area (Å²) < 4.78 is 0. The fraction of sp³-hybridized carbons (Fsp3) is 0.364. The Morgan fingerprint density at radius 3 is 2.41 bits per heavy atom. The second-order valence-electron chi connectivity index (χ2n) is 7.17. The van der Waals surface area contributed by atoms with Crippen molar-refractivity contribution in [3.05, 3.63) is 65.7 Å². The number of nitrogens with zero attached hydrogens (tertiary/aromatic N) is 1. The third-order valence-electron chi connectivity index (χ3n) is 5.45. The lowest BCUT2D eigenvalue weighted by Crippen LogP contribution is -2.44. The molecule has 2 aliphatic rings. The zero-order valence-corrected chi connectivity index (χ0v) is 16.1. The molecule has 140 valence electrons. The number of thioether (sulfide) groups is 1. The first-order valence-corrected chi connectivity index (χ1v) is 10.6. The van der Waals surface area contributed by atoms with E-state index in [-0.39, 0.29) is 23.8 Å². The van der Waals surface area contributed by atoms with Crippen molar-refractivity contribution in [2.45, 2.75) is 30.2 Å². The van der Waals surface area contributed by atoms with Crippen LogP contribution >= 0.6 is 11.8 Å². The molecule has 1 N–H and O–H groups in total. The fourth-order valence-electron chi connectivity index (χ4n) is 3.89. The third kappa shape index (κ3) is 4.03. The number of hydrogen-bond donors (Lipinski definition) is 1. The van der Waals surface area contributed by atoms with Crippen molar-refractivity contribution in [3.8, 4) is 0 Å². The van der Waals surface area contributed by atoms with E-state index in [1.807, 2.05) is 53.1 Å². The lowest BCUT2D eigenvalue weighted by molar-refractivity contribution is -0.127. The third-order valence-corrected chi connectivity index (χ3v) is 6.57. The first-order chi connectivity index (χ1) is 13.2. The molecule has 1 fully saturated rings. The maximum atomic E-state index is 12.8. The molecule has 0 saturated carbocycles. The summed E-state index contributed by atoms with van der Waals surface area (Å²) in [7, 11) is 0. The van der Waals surface area contributed by atoms with Gasteiger partial charge in [-0.25, -0.2) is 0 Å². The molecule has 2 amide bonds. The quantitative estimate of drug-likeness (QED) is 0.879. The van der Waals surface area contributed by atoms with Crippen LogP contribution in [0.4, 0.5) is 0 Å². The molecule has 0 radical (unpaired) electrons. The maximum Gasteiger partial charge on any atom is 0.253 e. The van der Waals surface area contributed by atoms with Gasteiger partial charge in [0, 0.05) is 35.2 Å². The van der Waals surface area contributed by atoms with Crippen molar-refractivity contribution in [1.82, 2.24) is 10.2 Å². The van der Waals surface area contributed by atoms with Gasteiger partial charge in [0.1, 0.15) is 0 Å². The van der Waals surface area contributed by atoms with Crippen LogP contribution in [0.1, 0.15) is 41.2 Å². The molecular weight excluding hydrogens is 356 g/mol. The minimum absolute atomic E-state index is 0.00781. The molecule has 4 rings (SSSR count). The Labute approximate surface area is 164 Å². The normalized spacial score (nSPS) is 20.0. The van der Waals surface area contributed by atoms with E-state index in [0.717, 1.165) is 30.6 Å². The first-order valence-electron chi connectivity index (χ1n) is 9.59. The predicted molar refractivity (Wildman–Crippen MR) is 108 cm³/mol. The molecule has 5 heteroatoms. The van der Waals surface area contributed by atoms with Crippen LogP contribution in [0.3, 0.4) is 0 Å². The predicted octanol–water partition coefficient (Wildman–Crippen LogP) is 3.89.